The molecular formula is C16H23ClN2O3. The summed E-state index contributed by atoms with van der Waals surface area (Å²) in [6, 6.07) is 7.49. The predicted octanol–water partition coefficient (Wildman–Crippen LogP) is 1.71. The number of carbonyl (C=O) groups excluding carboxylic acids is 1. The van der Waals surface area contributed by atoms with E-state index in [0.29, 0.717) is 24.0 Å². The van der Waals surface area contributed by atoms with Gasteiger partial charge in [0.1, 0.15) is 6.61 Å². The van der Waals surface area contributed by atoms with E-state index in [0.717, 1.165) is 26.1 Å². The second-order valence-electron chi connectivity index (χ2n) is 5.71. The van der Waals surface area contributed by atoms with Crippen molar-refractivity contribution in [2.75, 3.05) is 33.3 Å². The molecule has 1 saturated heterocycles. The molecule has 2 atom stereocenters. The van der Waals surface area contributed by atoms with Gasteiger partial charge < -0.3 is 19.7 Å². The lowest BCUT2D eigenvalue weighted by Crippen LogP contribution is -2.50. The summed E-state index contributed by atoms with van der Waals surface area (Å²) < 4.78 is 11.4. The minimum Gasteiger partial charge on any atom is -0.485 e. The van der Waals surface area contributed by atoms with Crippen LogP contribution in [0, 0.1) is 5.92 Å². The number of carbonyl (C=O) groups is 1. The van der Waals surface area contributed by atoms with Crippen molar-refractivity contribution in [3.05, 3.63) is 24.3 Å². The fourth-order valence-electron chi connectivity index (χ4n) is 3.07. The van der Waals surface area contributed by atoms with Crippen molar-refractivity contribution in [1.82, 2.24) is 10.2 Å². The van der Waals surface area contributed by atoms with Crippen molar-refractivity contribution < 1.29 is 14.3 Å². The Kier molecular flexibility index (Phi) is 5.91. The van der Waals surface area contributed by atoms with Crippen LogP contribution in [0.1, 0.15) is 12.8 Å². The molecule has 1 amide bonds. The van der Waals surface area contributed by atoms with Crippen molar-refractivity contribution >= 4 is 18.3 Å². The first-order valence-electron chi connectivity index (χ1n) is 7.60. The number of amides is 1. The second kappa shape index (κ2) is 7.70. The normalized spacial score (nSPS) is 23.6. The number of rotatable bonds is 3. The number of halogens is 1. The molecule has 5 nitrogen and oxygen atoms in total. The van der Waals surface area contributed by atoms with E-state index in [1.165, 1.54) is 6.42 Å². The molecule has 2 aliphatic heterocycles. The Morgan fingerprint density at radius 3 is 2.91 bits per heavy atom. The minimum atomic E-state index is -0.520. The Morgan fingerprint density at radius 1 is 1.36 bits per heavy atom. The SMILES string of the molecule is CNCC1CCCN(C(=O)C2COc3ccccc3O2)C1.Cl. The summed E-state index contributed by atoms with van der Waals surface area (Å²) >= 11 is 0. The molecule has 6 heteroatoms. The van der Waals surface area contributed by atoms with Gasteiger partial charge in [-0.05, 0) is 44.5 Å². The first-order chi connectivity index (χ1) is 10.3. The van der Waals surface area contributed by atoms with Crippen molar-refractivity contribution in [2.45, 2.75) is 18.9 Å². The number of ether oxygens (including phenoxy) is 2. The zero-order valence-electron chi connectivity index (χ0n) is 12.8. The maximum atomic E-state index is 12.6. The third-order valence-corrected chi connectivity index (χ3v) is 4.11. The van der Waals surface area contributed by atoms with Crippen LogP contribution in [0.4, 0.5) is 0 Å². The first-order valence-corrected chi connectivity index (χ1v) is 7.60. The molecule has 2 aliphatic rings. The number of fused-ring (bicyclic) bond motifs is 1. The maximum Gasteiger partial charge on any atom is 0.267 e. The summed E-state index contributed by atoms with van der Waals surface area (Å²) in [5.74, 6) is 1.95. The van der Waals surface area contributed by atoms with E-state index in [-0.39, 0.29) is 18.3 Å². The molecule has 0 radical (unpaired) electrons. The lowest BCUT2D eigenvalue weighted by Gasteiger charge is -2.36. The molecule has 3 rings (SSSR count). The lowest BCUT2D eigenvalue weighted by molar-refractivity contribution is -0.143. The average Bonchev–Trinajstić information content (AvgIpc) is 2.54. The molecule has 22 heavy (non-hydrogen) atoms. The number of nitrogens with zero attached hydrogens (tertiary/aromatic N) is 1. The molecule has 1 fully saturated rings. The van der Waals surface area contributed by atoms with Crippen LogP contribution in [0.25, 0.3) is 0 Å². The summed E-state index contributed by atoms with van der Waals surface area (Å²) in [5, 5.41) is 3.20. The summed E-state index contributed by atoms with van der Waals surface area (Å²) in [5.41, 5.74) is 0. The van der Waals surface area contributed by atoms with Gasteiger partial charge in [-0.1, -0.05) is 12.1 Å². The fraction of sp³-hybridized carbons (Fsp3) is 0.562. The van der Waals surface area contributed by atoms with Gasteiger partial charge in [-0.3, -0.25) is 4.79 Å². The predicted molar refractivity (Wildman–Crippen MR) is 86.8 cm³/mol. The molecule has 0 bridgehead atoms. The van der Waals surface area contributed by atoms with Gasteiger partial charge >= 0.3 is 0 Å². The third-order valence-electron chi connectivity index (χ3n) is 4.11. The van der Waals surface area contributed by atoms with E-state index in [9.17, 15) is 4.79 Å². The number of hydrogen-bond donors (Lipinski definition) is 1. The maximum absolute atomic E-state index is 12.6. The van der Waals surface area contributed by atoms with Crippen LogP contribution in [0.2, 0.25) is 0 Å². The van der Waals surface area contributed by atoms with Gasteiger partial charge in [0.05, 0.1) is 0 Å². The van der Waals surface area contributed by atoms with Crippen LogP contribution >= 0.6 is 12.4 Å². The molecule has 0 saturated carbocycles. The number of benzene rings is 1. The lowest BCUT2D eigenvalue weighted by atomic mass is 9.97. The molecule has 0 spiro atoms. The quantitative estimate of drug-likeness (QED) is 0.918. The highest BCUT2D eigenvalue weighted by molar-refractivity contribution is 5.85. The largest absolute Gasteiger partial charge is 0.485 e. The Balaban J connectivity index is 0.00000176. The number of piperidine rings is 1. The van der Waals surface area contributed by atoms with E-state index in [1.807, 2.05) is 36.2 Å². The molecule has 2 unspecified atom stereocenters. The highest BCUT2D eigenvalue weighted by Crippen LogP contribution is 2.31. The Morgan fingerprint density at radius 2 is 2.14 bits per heavy atom. The van der Waals surface area contributed by atoms with E-state index < -0.39 is 6.10 Å². The van der Waals surface area contributed by atoms with Gasteiger partial charge in [0, 0.05) is 13.1 Å². The van der Waals surface area contributed by atoms with Gasteiger partial charge in [0.2, 0.25) is 6.10 Å². The Bertz CT molecular complexity index is 510. The summed E-state index contributed by atoms with van der Waals surface area (Å²) in [6.07, 6.45) is 1.71. The van der Waals surface area contributed by atoms with Crippen molar-refractivity contribution in [3.8, 4) is 11.5 Å². The van der Waals surface area contributed by atoms with E-state index in [1.54, 1.807) is 0 Å². The number of para-hydroxylation sites is 2. The molecular weight excluding hydrogens is 304 g/mol. The molecule has 2 heterocycles. The van der Waals surface area contributed by atoms with E-state index in [2.05, 4.69) is 5.32 Å². The zero-order valence-corrected chi connectivity index (χ0v) is 13.6. The monoisotopic (exact) mass is 326 g/mol. The standard InChI is InChI=1S/C16H22N2O3.ClH/c1-17-9-12-5-4-8-18(10-12)16(19)15-11-20-13-6-2-3-7-14(13)21-15;/h2-3,6-7,12,15,17H,4-5,8-11H2,1H3;1H. The highest BCUT2D eigenvalue weighted by atomic mass is 35.5. The van der Waals surface area contributed by atoms with Crippen molar-refractivity contribution in [3.63, 3.8) is 0 Å². The van der Waals surface area contributed by atoms with Crippen LogP contribution in [0.5, 0.6) is 11.5 Å². The van der Waals surface area contributed by atoms with Gasteiger partial charge in [-0.25, -0.2) is 0 Å². The topological polar surface area (TPSA) is 50.8 Å². The molecule has 122 valence electrons. The summed E-state index contributed by atoms with van der Waals surface area (Å²) in [6.45, 7) is 2.87. The second-order valence-corrected chi connectivity index (χ2v) is 5.71. The number of nitrogens with one attached hydrogen (secondary N) is 1. The van der Waals surface area contributed by atoms with Crippen molar-refractivity contribution in [1.29, 1.82) is 0 Å². The van der Waals surface area contributed by atoms with Crippen molar-refractivity contribution in [2.24, 2.45) is 5.92 Å². The van der Waals surface area contributed by atoms with E-state index in [4.69, 9.17) is 9.47 Å². The Hall–Kier alpha value is -1.46. The van der Waals surface area contributed by atoms with Gasteiger partial charge in [0.15, 0.2) is 11.5 Å². The summed E-state index contributed by atoms with van der Waals surface area (Å²) in [4.78, 5) is 14.5. The third kappa shape index (κ3) is 3.65. The molecule has 1 aromatic carbocycles. The molecule has 1 aromatic rings. The summed E-state index contributed by atoms with van der Waals surface area (Å²) in [7, 11) is 1.95. The fourth-order valence-corrected chi connectivity index (χ4v) is 3.07. The van der Waals surface area contributed by atoms with E-state index >= 15 is 0 Å². The van der Waals surface area contributed by atoms with Crippen LogP contribution in [0.3, 0.4) is 0 Å². The molecule has 0 aromatic heterocycles. The first kappa shape index (κ1) is 16.9. The number of likely N-dealkylation sites (tertiary alicyclic amines) is 1. The van der Waals surface area contributed by atoms with Crippen LogP contribution in [0.15, 0.2) is 24.3 Å². The Labute approximate surface area is 137 Å². The van der Waals surface area contributed by atoms with Gasteiger partial charge in [-0.2, -0.15) is 0 Å². The molecule has 1 N–H and O–H groups in total. The van der Waals surface area contributed by atoms with Crippen LogP contribution in [-0.2, 0) is 4.79 Å². The molecule has 0 aliphatic carbocycles. The average molecular weight is 327 g/mol. The van der Waals surface area contributed by atoms with Gasteiger partial charge in [-0.15, -0.1) is 12.4 Å². The number of hydrogen-bond acceptors (Lipinski definition) is 4. The zero-order chi connectivity index (χ0) is 14.7. The highest BCUT2D eigenvalue weighted by Gasteiger charge is 2.33. The van der Waals surface area contributed by atoms with Crippen LogP contribution in [-0.4, -0.2) is 50.2 Å². The van der Waals surface area contributed by atoms with Crippen LogP contribution < -0.4 is 14.8 Å². The minimum absolute atomic E-state index is 0. The smallest absolute Gasteiger partial charge is 0.267 e. The van der Waals surface area contributed by atoms with Gasteiger partial charge in [0.25, 0.3) is 5.91 Å².